The van der Waals surface area contributed by atoms with E-state index in [9.17, 15) is 9.59 Å². The Bertz CT molecular complexity index is 1880. The van der Waals surface area contributed by atoms with Gasteiger partial charge in [0.05, 0.1) is 46.1 Å². The van der Waals surface area contributed by atoms with Crippen molar-refractivity contribution in [3.8, 4) is 17.2 Å². The summed E-state index contributed by atoms with van der Waals surface area (Å²) in [5.74, 6) is 1.30. The standard InChI is InChI=1S/C34H33BrN2O6S/c1-5-40-27-16-14-24(19-28(27)41-6-2)31-30(33(39)42-7-3)21(4)36-34-37(31)32(38)29(44-34)18-23-13-15-26(25(35)17-23)43-20-22-11-9-8-10-12-22/h8-19,31H,5-7,20H2,1-4H3/b29-18-/t31-/m1/s1. The maximum Gasteiger partial charge on any atom is 0.338 e. The van der Waals surface area contributed by atoms with Crippen molar-refractivity contribution in [2.75, 3.05) is 19.8 Å². The van der Waals surface area contributed by atoms with Crippen LogP contribution in [0.3, 0.4) is 0 Å². The minimum Gasteiger partial charge on any atom is -0.490 e. The van der Waals surface area contributed by atoms with Crippen LogP contribution < -0.4 is 29.1 Å². The fourth-order valence-corrected chi connectivity index (χ4v) is 6.51. The molecule has 0 saturated heterocycles. The molecule has 2 heterocycles. The van der Waals surface area contributed by atoms with E-state index >= 15 is 0 Å². The van der Waals surface area contributed by atoms with Gasteiger partial charge in [-0.1, -0.05) is 53.8 Å². The summed E-state index contributed by atoms with van der Waals surface area (Å²) in [7, 11) is 0. The molecule has 5 rings (SSSR count). The SMILES string of the molecule is CCOC(=O)C1=C(C)N=c2s/c(=C\c3ccc(OCc4ccccc4)c(Br)c3)c(=O)n2[C@@H]1c1ccc(OCC)c(OCC)c1. The van der Waals surface area contributed by atoms with Crippen molar-refractivity contribution in [3.63, 3.8) is 0 Å². The lowest BCUT2D eigenvalue weighted by Crippen LogP contribution is -2.40. The maximum atomic E-state index is 14.0. The Balaban J connectivity index is 1.57. The summed E-state index contributed by atoms with van der Waals surface area (Å²) in [6, 6.07) is 20.3. The molecule has 1 aliphatic rings. The summed E-state index contributed by atoms with van der Waals surface area (Å²) in [6.45, 7) is 8.83. The first-order valence-corrected chi connectivity index (χ1v) is 16.0. The second-order valence-corrected chi connectivity index (χ2v) is 11.7. The van der Waals surface area contributed by atoms with Gasteiger partial charge in [0.1, 0.15) is 12.4 Å². The zero-order chi connectivity index (χ0) is 31.2. The van der Waals surface area contributed by atoms with Gasteiger partial charge in [0, 0.05) is 0 Å². The number of rotatable bonds is 11. The van der Waals surface area contributed by atoms with Crippen molar-refractivity contribution in [2.45, 2.75) is 40.3 Å². The molecule has 1 aromatic heterocycles. The van der Waals surface area contributed by atoms with Gasteiger partial charge in [-0.25, -0.2) is 9.79 Å². The Kier molecular flexibility index (Phi) is 10.0. The first kappa shape index (κ1) is 31.3. The molecule has 4 aromatic rings. The van der Waals surface area contributed by atoms with Gasteiger partial charge in [0.25, 0.3) is 5.56 Å². The van der Waals surface area contributed by atoms with Crippen molar-refractivity contribution in [2.24, 2.45) is 4.99 Å². The van der Waals surface area contributed by atoms with Crippen molar-refractivity contribution in [1.29, 1.82) is 0 Å². The number of hydrogen-bond acceptors (Lipinski definition) is 8. The fraction of sp³-hybridized carbons (Fsp3) is 0.265. The summed E-state index contributed by atoms with van der Waals surface area (Å²) < 4.78 is 25.8. The third-order valence-electron chi connectivity index (χ3n) is 6.89. The first-order valence-electron chi connectivity index (χ1n) is 14.4. The highest BCUT2D eigenvalue weighted by molar-refractivity contribution is 9.10. The quantitative estimate of drug-likeness (QED) is 0.183. The Morgan fingerprint density at radius 3 is 2.36 bits per heavy atom. The molecule has 0 amide bonds. The molecule has 0 spiro atoms. The van der Waals surface area contributed by atoms with Crippen LogP contribution in [0.25, 0.3) is 6.08 Å². The lowest BCUT2D eigenvalue weighted by Gasteiger charge is -2.25. The van der Waals surface area contributed by atoms with Gasteiger partial charge < -0.3 is 18.9 Å². The highest BCUT2D eigenvalue weighted by atomic mass is 79.9. The number of thiazole rings is 1. The van der Waals surface area contributed by atoms with Crippen LogP contribution in [0.5, 0.6) is 17.2 Å². The van der Waals surface area contributed by atoms with E-state index in [1.807, 2.05) is 80.6 Å². The van der Waals surface area contributed by atoms with Crippen molar-refractivity contribution >= 4 is 39.3 Å². The van der Waals surface area contributed by atoms with Crippen molar-refractivity contribution in [1.82, 2.24) is 4.57 Å². The summed E-state index contributed by atoms with van der Waals surface area (Å²) >= 11 is 4.88. The number of nitrogens with zero attached hydrogens (tertiary/aromatic N) is 2. The van der Waals surface area contributed by atoms with Crippen molar-refractivity contribution < 1.29 is 23.7 Å². The summed E-state index contributed by atoms with van der Waals surface area (Å²) in [6.07, 6.45) is 1.82. The molecule has 0 aliphatic carbocycles. The predicted molar refractivity (Wildman–Crippen MR) is 174 cm³/mol. The molecule has 0 saturated carbocycles. The lowest BCUT2D eigenvalue weighted by atomic mass is 9.95. The molecular weight excluding hydrogens is 644 g/mol. The van der Waals surface area contributed by atoms with Crippen LogP contribution in [0.4, 0.5) is 0 Å². The summed E-state index contributed by atoms with van der Waals surface area (Å²) in [5.41, 5.74) is 3.10. The summed E-state index contributed by atoms with van der Waals surface area (Å²) in [5, 5.41) is 0. The number of ether oxygens (including phenoxy) is 4. The van der Waals surface area contributed by atoms with Gasteiger partial charge in [0.15, 0.2) is 16.3 Å². The first-order chi connectivity index (χ1) is 21.3. The van der Waals surface area contributed by atoms with E-state index in [1.54, 1.807) is 24.5 Å². The smallest absolute Gasteiger partial charge is 0.338 e. The minimum absolute atomic E-state index is 0.195. The molecule has 8 nitrogen and oxygen atoms in total. The number of aromatic nitrogens is 1. The van der Waals surface area contributed by atoms with Crippen LogP contribution in [0.15, 0.2) is 92.3 Å². The number of esters is 1. The average molecular weight is 678 g/mol. The van der Waals surface area contributed by atoms with E-state index in [0.717, 1.165) is 15.6 Å². The Morgan fingerprint density at radius 2 is 1.66 bits per heavy atom. The molecule has 0 fully saturated rings. The molecule has 0 unspecified atom stereocenters. The van der Waals surface area contributed by atoms with Crippen LogP contribution in [0.1, 0.15) is 50.4 Å². The molecule has 1 atom stereocenters. The number of carbonyl (C=O) groups excluding carboxylic acids is 1. The largest absolute Gasteiger partial charge is 0.490 e. The van der Waals surface area contributed by atoms with E-state index in [-0.39, 0.29) is 12.2 Å². The zero-order valence-electron chi connectivity index (χ0n) is 25.0. The van der Waals surface area contributed by atoms with Crippen LogP contribution in [0.2, 0.25) is 0 Å². The molecule has 1 aliphatic heterocycles. The minimum atomic E-state index is -0.761. The van der Waals surface area contributed by atoms with Gasteiger partial charge >= 0.3 is 5.97 Å². The van der Waals surface area contributed by atoms with Gasteiger partial charge in [0.2, 0.25) is 0 Å². The van der Waals surface area contributed by atoms with E-state index in [2.05, 4.69) is 20.9 Å². The lowest BCUT2D eigenvalue weighted by molar-refractivity contribution is -0.139. The Labute approximate surface area is 268 Å². The Morgan fingerprint density at radius 1 is 0.932 bits per heavy atom. The maximum absolute atomic E-state index is 14.0. The van der Waals surface area contributed by atoms with Crippen LogP contribution in [-0.4, -0.2) is 30.4 Å². The van der Waals surface area contributed by atoms with Crippen LogP contribution in [-0.2, 0) is 16.1 Å². The highest BCUT2D eigenvalue weighted by Gasteiger charge is 2.34. The van der Waals surface area contributed by atoms with Crippen molar-refractivity contribution in [3.05, 3.63) is 119 Å². The Hall–Kier alpha value is -4.15. The van der Waals surface area contributed by atoms with Gasteiger partial charge in [-0.05, 0) is 90.7 Å². The third-order valence-corrected chi connectivity index (χ3v) is 8.49. The normalized spacial score (nSPS) is 14.6. The average Bonchev–Trinajstić information content (AvgIpc) is 3.31. The molecule has 0 radical (unpaired) electrons. The molecule has 0 N–H and O–H groups in total. The molecule has 3 aromatic carbocycles. The second kappa shape index (κ2) is 14.1. The van der Waals surface area contributed by atoms with Gasteiger partial charge in [-0.3, -0.25) is 9.36 Å². The van der Waals surface area contributed by atoms with Crippen LogP contribution in [0, 0.1) is 0 Å². The second-order valence-electron chi connectivity index (χ2n) is 9.84. The van der Waals surface area contributed by atoms with Crippen LogP contribution >= 0.6 is 27.3 Å². The molecule has 228 valence electrons. The van der Waals surface area contributed by atoms with E-state index < -0.39 is 12.0 Å². The highest BCUT2D eigenvalue weighted by Crippen LogP contribution is 2.36. The summed E-state index contributed by atoms with van der Waals surface area (Å²) in [4.78, 5) is 32.5. The number of hydrogen-bond donors (Lipinski definition) is 0. The molecular formula is C34H33BrN2O6S. The number of halogens is 1. The third kappa shape index (κ3) is 6.66. The number of allylic oxidation sites excluding steroid dienone is 1. The topological polar surface area (TPSA) is 88.4 Å². The molecule has 10 heteroatoms. The van der Waals surface area contributed by atoms with E-state index in [0.29, 0.717) is 63.2 Å². The molecule has 0 bridgehead atoms. The number of benzene rings is 3. The van der Waals surface area contributed by atoms with E-state index in [1.165, 1.54) is 11.3 Å². The van der Waals surface area contributed by atoms with Gasteiger partial charge in [-0.2, -0.15) is 0 Å². The monoisotopic (exact) mass is 676 g/mol. The van der Waals surface area contributed by atoms with Gasteiger partial charge in [-0.15, -0.1) is 0 Å². The fourth-order valence-electron chi connectivity index (χ4n) is 4.96. The zero-order valence-corrected chi connectivity index (χ0v) is 27.4. The number of fused-ring (bicyclic) bond motifs is 1. The molecule has 44 heavy (non-hydrogen) atoms. The predicted octanol–water partition coefficient (Wildman–Crippen LogP) is 5.94. The van der Waals surface area contributed by atoms with E-state index in [4.69, 9.17) is 18.9 Å². The number of carbonyl (C=O) groups is 1.